The molecule has 7 heteroatoms. The molecule has 0 spiro atoms. The van der Waals surface area contributed by atoms with E-state index in [0.29, 0.717) is 21.9 Å². The topological polar surface area (TPSA) is 63.5 Å². The number of fused-ring (bicyclic) bond motifs is 1. The third-order valence-electron chi connectivity index (χ3n) is 2.95. The van der Waals surface area contributed by atoms with Crippen molar-refractivity contribution in [2.24, 2.45) is 0 Å². The summed E-state index contributed by atoms with van der Waals surface area (Å²) in [6, 6.07) is 10.2. The Morgan fingerprint density at radius 2 is 1.90 bits per heavy atom. The second-order valence-corrected chi connectivity index (χ2v) is 6.73. The summed E-state index contributed by atoms with van der Waals surface area (Å²) in [7, 11) is -3.52. The molecule has 0 atom stereocenters. The maximum atomic E-state index is 12.2. The number of sulfonamides is 1. The van der Waals surface area contributed by atoms with Gasteiger partial charge in [0, 0.05) is 23.6 Å². The third kappa shape index (κ3) is 3.17. The van der Waals surface area contributed by atoms with Gasteiger partial charge in [-0.3, -0.25) is 4.72 Å². The largest absolute Gasteiger partial charge is 0.305 e. The van der Waals surface area contributed by atoms with Crippen LogP contribution in [0.25, 0.3) is 5.65 Å². The van der Waals surface area contributed by atoms with E-state index in [2.05, 4.69) is 9.71 Å². The van der Waals surface area contributed by atoms with Gasteiger partial charge in [-0.2, -0.15) is 0 Å². The van der Waals surface area contributed by atoms with E-state index >= 15 is 0 Å². The summed E-state index contributed by atoms with van der Waals surface area (Å²) in [6.07, 6.45) is 5.18. The zero-order valence-electron chi connectivity index (χ0n) is 10.9. The number of hydrogen-bond acceptors (Lipinski definition) is 3. The Hall–Kier alpha value is -2.05. The van der Waals surface area contributed by atoms with Gasteiger partial charge < -0.3 is 4.40 Å². The van der Waals surface area contributed by atoms with Gasteiger partial charge in [-0.05, 0) is 29.8 Å². The molecule has 0 saturated carbocycles. The van der Waals surface area contributed by atoms with Crippen LogP contribution < -0.4 is 4.72 Å². The molecule has 2 heterocycles. The minimum atomic E-state index is -3.52. The van der Waals surface area contributed by atoms with Crippen LogP contribution in [0.2, 0.25) is 5.02 Å². The predicted molar refractivity (Wildman–Crippen MR) is 82.9 cm³/mol. The van der Waals surface area contributed by atoms with Crippen LogP contribution in [0.15, 0.2) is 55.0 Å². The van der Waals surface area contributed by atoms with E-state index in [-0.39, 0.29) is 5.75 Å². The molecule has 5 nitrogen and oxygen atoms in total. The second-order valence-electron chi connectivity index (χ2n) is 4.57. The van der Waals surface area contributed by atoms with Crippen LogP contribution in [0.3, 0.4) is 0 Å². The van der Waals surface area contributed by atoms with Gasteiger partial charge in [-0.15, -0.1) is 0 Å². The molecule has 0 amide bonds. The molecule has 0 fully saturated rings. The zero-order valence-corrected chi connectivity index (χ0v) is 12.5. The number of pyridine rings is 1. The molecule has 0 saturated heterocycles. The lowest BCUT2D eigenvalue weighted by molar-refractivity contribution is 0.600. The van der Waals surface area contributed by atoms with Crippen molar-refractivity contribution in [2.45, 2.75) is 5.75 Å². The van der Waals surface area contributed by atoms with E-state index in [1.54, 1.807) is 59.4 Å². The summed E-state index contributed by atoms with van der Waals surface area (Å²) < 4.78 is 28.8. The number of nitrogens with zero attached hydrogens (tertiary/aromatic N) is 2. The highest BCUT2D eigenvalue weighted by molar-refractivity contribution is 7.91. The zero-order chi connectivity index (χ0) is 14.9. The van der Waals surface area contributed by atoms with Crippen molar-refractivity contribution in [3.8, 4) is 0 Å². The van der Waals surface area contributed by atoms with Crippen LogP contribution in [0.1, 0.15) is 5.56 Å². The van der Waals surface area contributed by atoms with Gasteiger partial charge in [-0.1, -0.05) is 23.7 Å². The molecule has 21 heavy (non-hydrogen) atoms. The highest BCUT2D eigenvalue weighted by Gasteiger charge is 2.14. The molecule has 0 aliphatic heterocycles. The standard InChI is InChI=1S/C14H12ClN3O2S/c15-12-5-3-11(4-6-12)10-21(19,20)17-13-2-1-8-18-9-7-16-14(13)18/h1-9,17H,10H2. The number of imidazole rings is 1. The number of anilines is 1. The van der Waals surface area contributed by atoms with Crippen molar-refractivity contribution < 1.29 is 8.42 Å². The van der Waals surface area contributed by atoms with E-state index in [1.165, 1.54) is 0 Å². The van der Waals surface area contributed by atoms with Gasteiger partial charge in [0.1, 0.15) is 0 Å². The van der Waals surface area contributed by atoms with Crippen LogP contribution in [-0.2, 0) is 15.8 Å². The fourth-order valence-electron chi connectivity index (χ4n) is 2.03. The first-order chi connectivity index (χ1) is 10.0. The third-order valence-corrected chi connectivity index (χ3v) is 4.45. The molecule has 0 bridgehead atoms. The first kappa shape index (κ1) is 13.9. The summed E-state index contributed by atoms with van der Waals surface area (Å²) >= 11 is 5.79. The minimum absolute atomic E-state index is 0.119. The highest BCUT2D eigenvalue weighted by Crippen LogP contribution is 2.18. The molecule has 0 aliphatic rings. The van der Waals surface area contributed by atoms with Crippen molar-refractivity contribution in [1.82, 2.24) is 9.38 Å². The molecule has 0 radical (unpaired) electrons. The molecule has 1 aromatic carbocycles. The second kappa shape index (κ2) is 5.38. The van der Waals surface area contributed by atoms with E-state index in [4.69, 9.17) is 11.6 Å². The molecule has 1 N–H and O–H groups in total. The van der Waals surface area contributed by atoms with Crippen LogP contribution in [0.4, 0.5) is 5.69 Å². The van der Waals surface area contributed by atoms with Gasteiger partial charge in [-0.25, -0.2) is 13.4 Å². The Kier molecular flexibility index (Phi) is 3.57. The Bertz CT molecular complexity index is 873. The quantitative estimate of drug-likeness (QED) is 0.803. The van der Waals surface area contributed by atoms with Crippen molar-refractivity contribution in [3.05, 3.63) is 65.6 Å². The van der Waals surface area contributed by atoms with Crippen molar-refractivity contribution in [1.29, 1.82) is 0 Å². The maximum Gasteiger partial charge on any atom is 0.237 e. The van der Waals surface area contributed by atoms with E-state index in [9.17, 15) is 8.42 Å². The highest BCUT2D eigenvalue weighted by atomic mass is 35.5. The number of halogens is 1. The average molecular weight is 322 g/mol. The van der Waals surface area contributed by atoms with E-state index < -0.39 is 10.0 Å². The molecular weight excluding hydrogens is 310 g/mol. The van der Waals surface area contributed by atoms with E-state index in [1.807, 2.05) is 0 Å². The summed E-state index contributed by atoms with van der Waals surface area (Å²) in [4.78, 5) is 4.14. The van der Waals surface area contributed by atoms with Gasteiger partial charge in [0.25, 0.3) is 0 Å². The normalized spacial score (nSPS) is 11.7. The Labute approximate surface area is 127 Å². The first-order valence-corrected chi connectivity index (χ1v) is 8.23. The van der Waals surface area contributed by atoms with Crippen LogP contribution in [-0.4, -0.2) is 17.8 Å². The number of benzene rings is 1. The number of nitrogens with one attached hydrogen (secondary N) is 1. The monoisotopic (exact) mass is 321 g/mol. The minimum Gasteiger partial charge on any atom is -0.305 e. The molecule has 2 aromatic heterocycles. The van der Waals surface area contributed by atoms with Crippen LogP contribution in [0.5, 0.6) is 0 Å². The summed E-state index contributed by atoms with van der Waals surface area (Å²) in [6.45, 7) is 0. The van der Waals surface area contributed by atoms with Crippen LogP contribution in [0, 0.1) is 0 Å². The lowest BCUT2D eigenvalue weighted by atomic mass is 10.2. The van der Waals surface area contributed by atoms with Crippen molar-refractivity contribution >= 4 is 33.0 Å². The smallest absolute Gasteiger partial charge is 0.237 e. The molecule has 0 aliphatic carbocycles. The number of hydrogen-bond donors (Lipinski definition) is 1. The average Bonchev–Trinajstić information content (AvgIpc) is 2.90. The van der Waals surface area contributed by atoms with Crippen molar-refractivity contribution in [2.75, 3.05) is 4.72 Å². The van der Waals surface area contributed by atoms with Gasteiger partial charge in [0.15, 0.2) is 5.65 Å². The number of rotatable bonds is 4. The number of aromatic nitrogens is 2. The Morgan fingerprint density at radius 1 is 1.14 bits per heavy atom. The van der Waals surface area contributed by atoms with Gasteiger partial charge >= 0.3 is 0 Å². The Morgan fingerprint density at radius 3 is 2.67 bits per heavy atom. The SMILES string of the molecule is O=S(=O)(Cc1ccc(Cl)cc1)Nc1cccn2ccnc12. The maximum absolute atomic E-state index is 12.2. The molecule has 108 valence electrons. The molecule has 0 unspecified atom stereocenters. The first-order valence-electron chi connectivity index (χ1n) is 6.20. The van der Waals surface area contributed by atoms with Gasteiger partial charge in [0.2, 0.25) is 10.0 Å². The van der Waals surface area contributed by atoms with Crippen LogP contribution >= 0.6 is 11.6 Å². The fourth-order valence-corrected chi connectivity index (χ4v) is 3.36. The predicted octanol–water partition coefficient (Wildman–Crippen LogP) is 2.93. The fraction of sp³-hybridized carbons (Fsp3) is 0.0714. The molecule has 3 rings (SSSR count). The van der Waals surface area contributed by atoms with Gasteiger partial charge in [0.05, 0.1) is 11.4 Å². The summed E-state index contributed by atoms with van der Waals surface area (Å²) in [5.74, 6) is -0.119. The van der Waals surface area contributed by atoms with Crippen molar-refractivity contribution in [3.63, 3.8) is 0 Å². The Balaban J connectivity index is 1.86. The molecular formula is C14H12ClN3O2S. The summed E-state index contributed by atoms with van der Waals surface area (Å²) in [5, 5.41) is 0.575. The molecule has 3 aromatic rings. The summed E-state index contributed by atoms with van der Waals surface area (Å²) in [5.41, 5.74) is 1.69. The lowest BCUT2D eigenvalue weighted by Gasteiger charge is -2.09. The van der Waals surface area contributed by atoms with E-state index in [0.717, 1.165) is 0 Å². The lowest BCUT2D eigenvalue weighted by Crippen LogP contribution is -2.15.